The van der Waals surface area contributed by atoms with Gasteiger partial charge in [-0.15, -0.1) is 0 Å². The van der Waals surface area contributed by atoms with Crippen LogP contribution in [0.3, 0.4) is 0 Å². The summed E-state index contributed by atoms with van der Waals surface area (Å²) in [7, 11) is 0. The van der Waals surface area contributed by atoms with Crippen molar-refractivity contribution in [2.24, 2.45) is 0 Å². The van der Waals surface area contributed by atoms with Crippen molar-refractivity contribution in [3.05, 3.63) is 49.1 Å². The highest BCUT2D eigenvalue weighted by Crippen LogP contribution is 2.21. The Hall–Kier alpha value is -1.25. The largest absolute Gasteiger partial charge is 0.392 e. The first-order valence-corrected chi connectivity index (χ1v) is 3.68. The van der Waals surface area contributed by atoms with E-state index in [2.05, 4.69) is 13.2 Å². The van der Waals surface area contributed by atoms with Gasteiger partial charge >= 0.3 is 6.18 Å². The van der Waals surface area contributed by atoms with Crippen LogP contribution in [0.5, 0.6) is 0 Å². The molecule has 0 fully saturated rings. The number of alkyl halides is 3. The van der Waals surface area contributed by atoms with Crippen LogP contribution in [0.1, 0.15) is 6.42 Å². The van der Waals surface area contributed by atoms with Gasteiger partial charge in [0, 0.05) is 0 Å². The first kappa shape index (κ1) is 11.8. The molecule has 0 aliphatic rings. The Labute approximate surface area is 75.8 Å². The van der Waals surface area contributed by atoms with E-state index < -0.39 is 12.6 Å². The molecule has 0 aromatic rings. The van der Waals surface area contributed by atoms with Crippen LogP contribution in [-0.2, 0) is 0 Å². The van der Waals surface area contributed by atoms with Crippen LogP contribution in [0, 0.1) is 0 Å². The number of hydrogen-bond donors (Lipinski definition) is 0. The summed E-state index contributed by atoms with van der Waals surface area (Å²) in [5, 5.41) is 0. The van der Waals surface area contributed by atoms with E-state index in [4.69, 9.17) is 0 Å². The van der Waals surface area contributed by atoms with Crippen molar-refractivity contribution in [2.45, 2.75) is 12.6 Å². The van der Waals surface area contributed by atoms with E-state index in [-0.39, 0.29) is 0 Å². The van der Waals surface area contributed by atoms with Crippen molar-refractivity contribution in [1.29, 1.82) is 0 Å². The molecule has 0 radical (unpaired) electrons. The minimum Gasteiger partial charge on any atom is -0.171 e. The van der Waals surface area contributed by atoms with Crippen LogP contribution < -0.4 is 0 Å². The Bertz CT molecular complexity index is 231. The molecule has 0 unspecified atom stereocenters. The van der Waals surface area contributed by atoms with Crippen molar-refractivity contribution in [1.82, 2.24) is 0 Å². The van der Waals surface area contributed by atoms with E-state index in [9.17, 15) is 13.2 Å². The molecule has 0 saturated carbocycles. The van der Waals surface area contributed by atoms with Crippen molar-refractivity contribution in [3.8, 4) is 0 Å². The first-order valence-electron chi connectivity index (χ1n) is 3.68. The molecule has 0 nitrogen and oxygen atoms in total. The normalized spacial score (nSPS) is 13.3. The van der Waals surface area contributed by atoms with Gasteiger partial charge in [-0.25, -0.2) is 0 Å². The zero-order chi connectivity index (χ0) is 10.3. The van der Waals surface area contributed by atoms with Crippen molar-refractivity contribution >= 4 is 0 Å². The fraction of sp³-hybridized carbons (Fsp3) is 0.200. The molecule has 0 aliphatic heterocycles. The van der Waals surface area contributed by atoms with Crippen LogP contribution in [0.4, 0.5) is 13.2 Å². The third kappa shape index (κ3) is 7.12. The molecule has 0 amide bonds. The molecule has 13 heavy (non-hydrogen) atoms. The van der Waals surface area contributed by atoms with Crippen molar-refractivity contribution in [3.63, 3.8) is 0 Å². The molecule has 0 heterocycles. The van der Waals surface area contributed by atoms with E-state index in [1.165, 1.54) is 18.2 Å². The summed E-state index contributed by atoms with van der Waals surface area (Å²) in [5.74, 6) is 0. The predicted molar refractivity (Wildman–Crippen MR) is 48.3 cm³/mol. The van der Waals surface area contributed by atoms with Gasteiger partial charge in [-0.1, -0.05) is 43.5 Å². The van der Waals surface area contributed by atoms with E-state index in [1.807, 2.05) is 0 Å². The standard InChI is InChI=1S/C10H11F3/c1-3-5-6-9(4-2)7-8-10(11,12)13/h3-7H,1-2,8H2/b6-5-,9-7-. The molecule has 3 heteroatoms. The number of hydrogen-bond acceptors (Lipinski definition) is 0. The quantitative estimate of drug-likeness (QED) is 0.589. The molecule has 0 aromatic heterocycles. The monoisotopic (exact) mass is 188 g/mol. The second-order valence-corrected chi connectivity index (χ2v) is 2.32. The number of rotatable bonds is 4. The van der Waals surface area contributed by atoms with Gasteiger partial charge in [0.15, 0.2) is 0 Å². The van der Waals surface area contributed by atoms with Crippen LogP contribution in [-0.4, -0.2) is 6.18 Å². The second kappa shape index (κ2) is 5.41. The Balaban J connectivity index is 4.31. The second-order valence-electron chi connectivity index (χ2n) is 2.32. The Morgan fingerprint density at radius 3 is 2.23 bits per heavy atom. The lowest BCUT2D eigenvalue weighted by Crippen LogP contribution is -2.04. The van der Waals surface area contributed by atoms with E-state index in [1.54, 1.807) is 6.08 Å². The summed E-state index contributed by atoms with van der Waals surface area (Å²) in [6.07, 6.45) is 1.92. The van der Waals surface area contributed by atoms with Crippen LogP contribution in [0.15, 0.2) is 49.1 Å². The maximum atomic E-state index is 11.8. The zero-order valence-electron chi connectivity index (χ0n) is 7.14. The summed E-state index contributed by atoms with van der Waals surface area (Å²) in [4.78, 5) is 0. The highest BCUT2D eigenvalue weighted by molar-refractivity contribution is 5.30. The summed E-state index contributed by atoms with van der Waals surface area (Å²) in [5.41, 5.74) is 0.442. The fourth-order valence-corrected chi connectivity index (χ4v) is 0.632. The third-order valence-electron chi connectivity index (χ3n) is 1.23. The van der Waals surface area contributed by atoms with E-state index in [0.717, 1.165) is 6.08 Å². The van der Waals surface area contributed by atoms with Gasteiger partial charge < -0.3 is 0 Å². The first-order chi connectivity index (χ1) is 5.99. The Morgan fingerprint density at radius 1 is 1.23 bits per heavy atom. The highest BCUT2D eigenvalue weighted by Gasteiger charge is 2.24. The summed E-state index contributed by atoms with van der Waals surface area (Å²) in [6.45, 7) is 6.80. The smallest absolute Gasteiger partial charge is 0.171 e. The molecule has 0 N–H and O–H groups in total. The molecule has 0 atom stereocenters. The predicted octanol–water partition coefficient (Wildman–Crippen LogP) is 3.79. The van der Waals surface area contributed by atoms with E-state index >= 15 is 0 Å². The lowest BCUT2D eigenvalue weighted by Gasteiger charge is -2.01. The van der Waals surface area contributed by atoms with E-state index in [0.29, 0.717) is 5.57 Å². The molecule has 0 bridgehead atoms. The number of allylic oxidation sites excluding steroid dienone is 6. The molecule has 0 aliphatic carbocycles. The average Bonchev–Trinajstić information content (AvgIpc) is 2.03. The molecular formula is C10H11F3. The molecule has 72 valence electrons. The Kier molecular flexibility index (Phi) is 4.89. The van der Waals surface area contributed by atoms with Gasteiger partial charge in [-0.2, -0.15) is 13.2 Å². The zero-order valence-corrected chi connectivity index (χ0v) is 7.14. The van der Waals surface area contributed by atoms with Crippen molar-refractivity contribution in [2.75, 3.05) is 0 Å². The van der Waals surface area contributed by atoms with Crippen LogP contribution in [0.2, 0.25) is 0 Å². The molecular weight excluding hydrogens is 177 g/mol. The van der Waals surface area contributed by atoms with Gasteiger partial charge in [-0.05, 0) is 5.57 Å². The fourth-order valence-electron chi connectivity index (χ4n) is 0.632. The summed E-state index contributed by atoms with van der Waals surface area (Å²) in [6, 6.07) is 0. The van der Waals surface area contributed by atoms with Gasteiger partial charge in [0.25, 0.3) is 0 Å². The lowest BCUT2D eigenvalue weighted by molar-refractivity contribution is -0.125. The number of halogens is 3. The van der Waals surface area contributed by atoms with Crippen molar-refractivity contribution < 1.29 is 13.2 Å². The lowest BCUT2D eigenvalue weighted by atomic mass is 10.2. The maximum Gasteiger partial charge on any atom is 0.392 e. The van der Waals surface area contributed by atoms with Crippen LogP contribution >= 0.6 is 0 Å². The minimum atomic E-state index is -4.16. The third-order valence-corrected chi connectivity index (χ3v) is 1.23. The average molecular weight is 188 g/mol. The minimum absolute atomic E-state index is 0.442. The van der Waals surface area contributed by atoms with Gasteiger partial charge in [0.2, 0.25) is 0 Å². The van der Waals surface area contributed by atoms with Gasteiger partial charge in [0.05, 0.1) is 6.42 Å². The van der Waals surface area contributed by atoms with Crippen LogP contribution in [0.25, 0.3) is 0 Å². The highest BCUT2D eigenvalue weighted by atomic mass is 19.4. The maximum absolute atomic E-state index is 11.8. The summed E-state index contributed by atoms with van der Waals surface area (Å²) < 4.78 is 35.3. The SMILES string of the molecule is C=C/C=C\C(C=C)=C/CC(F)(F)F. The van der Waals surface area contributed by atoms with Gasteiger partial charge in [-0.3, -0.25) is 0 Å². The van der Waals surface area contributed by atoms with Gasteiger partial charge in [0.1, 0.15) is 0 Å². The summed E-state index contributed by atoms with van der Waals surface area (Å²) >= 11 is 0. The topological polar surface area (TPSA) is 0 Å². The Morgan fingerprint density at radius 2 is 1.85 bits per heavy atom. The molecule has 0 aromatic carbocycles. The molecule has 0 rings (SSSR count). The molecule has 0 spiro atoms. The molecule has 0 saturated heterocycles.